The first-order valence-electron chi connectivity index (χ1n) is 20.3. The number of nitrogens with zero attached hydrogens (tertiary/aromatic N) is 4. The molecule has 12 rings (SSSR count). The predicted molar refractivity (Wildman–Crippen MR) is 246 cm³/mol. The molecule has 0 unspecified atom stereocenters. The number of para-hydroxylation sites is 2. The number of allylic oxidation sites excluding steroid dienone is 1. The minimum Gasteiger partial charge on any atom is -0.456 e. The van der Waals surface area contributed by atoms with Crippen LogP contribution in [0.1, 0.15) is 37.1 Å². The Balaban J connectivity index is 0.00000196. The molecule has 1 aliphatic carbocycles. The van der Waals surface area contributed by atoms with Crippen molar-refractivity contribution in [1.82, 2.24) is 19.5 Å². The minimum atomic E-state index is 0.583. The maximum absolute atomic E-state index is 6.32. The Morgan fingerprint density at radius 2 is 1.14 bits per heavy atom. The summed E-state index contributed by atoms with van der Waals surface area (Å²) in [5.41, 5.74) is 11.7. The highest BCUT2D eigenvalue weighted by Gasteiger charge is 2.27. The lowest BCUT2D eigenvalue weighted by atomic mass is 9.89. The van der Waals surface area contributed by atoms with Crippen LogP contribution in [0.3, 0.4) is 0 Å². The fourth-order valence-electron chi connectivity index (χ4n) is 8.71. The molecule has 4 heterocycles. The molecule has 1 aliphatic rings. The van der Waals surface area contributed by atoms with E-state index < -0.39 is 0 Å². The monoisotopic (exact) mass is 778 g/mol. The average Bonchev–Trinajstić information content (AvgIpc) is 3.99. The summed E-state index contributed by atoms with van der Waals surface area (Å²) in [6.07, 6.45) is 4.27. The van der Waals surface area contributed by atoms with Crippen molar-refractivity contribution in [3.05, 3.63) is 187 Å². The summed E-state index contributed by atoms with van der Waals surface area (Å²) >= 11 is 1.86. The lowest BCUT2D eigenvalue weighted by Crippen LogP contribution is -2.11. The van der Waals surface area contributed by atoms with Crippen molar-refractivity contribution in [1.29, 1.82) is 0 Å². The SMILES string of the molecule is C1=C(c2cccc(-c3ccc4c(c3)sc3ccccc34)c2)c2c(c3ccccc3n2-c2nc(-c3ccccc3)nc(-c3ccc4c(c3)oc3ccccc34)n2)CC1.CC. The molecule has 4 aromatic heterocycles. The van der Waals surface area contributed by atoms with Gasteiger partial charge in [-0.15, -0.1) is 11.3 Å². The summed E-state index contributed by atoms with van der Waals surface area (Å²) < 4.78 is 11.2. The second-order valence-corrected chi connectivity index (χ2v) is 15.8. The summed E-state index contributed by atoms with van der Waals surface area (Å²) in [6.45, 7) is 4.00. The highest BCUT2D eigenvalue weighted by molar-refractivity contribution is 7.25. The summed E-state index contributed by atoms with van der Waals surface area (Å²) in [6, 6.07) is 57.8. The number of aromatic nitrogens is 4. The zero-order valence-electron chi connectivity index (χ0n) is 32.7. The Morgan fingerprint density at radius 1 is 0.492 bits per heavy atom. The molecule has 59 heavy (non-hydrogen) atoms. The molecule has 0 fully saturated rings. The van der Waals surface area contributed by atoms with Crippen molar-refractivity contribution in [2.24, 2.45) is 0 Å². The average molecular weight is 779 g/mol. The molecule has 0 saturated carbocycles. The van der Waals surface area contributed by atoms with Crippen molar-refractivity contribution in [2.45, 2.75) is 26.7 Å². The summed E-state index contributed by atoms with van der Waals surface area (Å²) in [7, 11) is 0. The van der Waals surface area contributed by atoms with E-state index in [1.54, 1.807) is 0 Å². The van der Waals surface area contributed by atoms with Crippen LogP contribution < -0.4 is 0 Å². The van der Waals surface area contributed by atoms with Crippen molar-refractivity contribution < 1.29 is 4.42 Å². The smallest absolute Gasteiger partial charge is 0.238 e. The van der Waals surface area contributed by atoms with Crippen LogP contribution in [0.15, 0.2) is 174 Å². The zero-order chi connectivity index (χ0) is 39.5. The van der Waals surface area contributed by atoms with E-state index in [0.717, 1.165) is 57.1 Å². The van der Waals surface area contributed by atoms with Crippen LogP contribution >= 0.6 is 11.3 Å². The van der Waals surface area contributed by atoms with Crippen LogP contribution in [0.5, 0.6) is 0 Å². The first kappa shape index (κ1) is 35.0. The highest BCUT2D eigenvalue weighted by atomic mass is 32.1. The fraction of sp³-hybridized carbons (Fsp3) is 0.0755. The van der Waals surface area contributed by atoms with Gasteiger partial charge < -0.3 is 4.42 Å². The molecule has 0 N–H and O–H groups in total. The molecular weight excluding hydrogens is 741 g/mol. The molecule has 7 aromatic carbocycles. The predicted octanol–water partition coefficient (Wildman–Crippen LogP) is 14.5. The largest absolute Gasteiger partial charge is 0.456 e. The van der Waals surface area contributed by atoms with Gasteiger partial charge in [-0.3, -0.25) is 4.57 Å². The second-order valence-electron chi connectivity index (χ2n) is 14.7. The van der Waals surface area contributed by atoms with Gasteiger partial charge in [-0.25, -0.2) is 4.98 Å². The molecule has 0 aliphatic heterocycles. The first-order valence-corrected chi connectivity index (χ1v) is 21.1. The van der Waals surface area contributed by atoms with E-state index in [4.69, 9.17) is 19.4 Å². The Hall–Kier alpha value is -7.15. The molecule has 5 nitrogen and oxygen atoms in total. The summed E-state index contributed by atoms with van der Waals surface area (Å²) in [4.78, 5) is 15.7. The number of aryl methyl sites for hydroxylation is 1. The molecule has 0 radical (unpaired) electrons. The van der Waals surface area contributed by atoms with E-state index in [1.807, 2.05) is 61.6 Å². The van der Waals surface area contributed by atoms with Crippen LogP contribution in [0, 0.1) is 0 Å². The molecule has 0 spiro atoms. The third-order valence-electron chi connectivity index (χ3n) is 11.4. The molecule has 0 bridgehead atoms. The maximum Gasteiger partial charge on any atom is 0.238 e. The standard InChI is InChI=1S/C51H32N4OS.C2H6/c1-2-12-31(13-3-1)49-52-50(35-25-26-39-38-17-5-8-22-44(38)56-45(39)29-35)54-51(53-49)55-43-21-7-4-16-37(43)42-20-11-19-36(48(42)55)34-15-10-14-32(28-34)33-24-27-41-40-18-6-9-23-46(40)57-47(41)30-33;1-2/h1-10,12-19,21-30H,11,20H2;1-2H3. The van der Waals surface area contributed by atoms with Gasteiger partial charge in [0.05, 0.1) is 11.2 Å². The highest BCUT2D eigenvalue weighted by Crippen LogP contribution is 2.42. The lowest BCUT2D eigenvalue weighted by molar-refractivity contribution is 0.669. The molecule has 6 heteroatoms. The van der Waals surface area contributed by atoms with Gasteiger partial charge in [-0.1, -0.05) is 141 Å². The first-order chi connectivity index (χ1) is 29.2. The van der Waals surface area contributed by atoms with Crippen LogP contribution in [-0.4, -0.2) is 19.5 Å². The number of hydrogen-bond acceptors (Lipinski definition) is 5. The van der Waals surface area contributed by atoms with E-state index >= 15 is 0 Å². The van der Waals surface area contributed by atoms with Crippen LogP contribution in [0.25, 0.3) is 98.4 Å². The van der Waals surface area contributed by atoms with Crippen LogP contribution in [0.4, 0.5) is 0 Å². The van der Waals surface area contributed by atoms with Gasteiger partial charge in [0, 0.05) is 53.0 Å². The van der Waals surface area contributed by atoms with Gasteiger partial charge in [-0.05, 0) is 77.6 Å². The zero-order valence-corrected chi connectivity index (χ0v) is 33.5. The van der Waals surface area contributed by atoms with Crippen molar-refractivity contribution in [3.63, 3.8) is 0 Å². The van der Waals surface area contributed by atoms with Gasteiger partial charge >= 0.3 is 0 Å². The number of rotatable bonds is 5. The van der Waals surface area contributed by atoms with E-state index in [9.17, 15) is 0 Å². The molecule has 0 amide bonds. The fourth-order valence-corrected chi connectivity index (χ4v) is 9.85. The van der Waals surface area contributed by atoms with Crippen molar-refractivity contribution in [2.75, 3.05) is 0 Å². The van der Waals surface area contributed by atoms with Crippen LogP contribution in [-0.2, 0) is 6.42 Å². The summed E-state index contributed by atoms with van der Waals surface area (Å²) in [5.74, 6) is 1.79. The van der Waals surface area contributed by atoms with Crippen LogP contribution in [0.2, 0.25) is 0 Å². The number of furan rings is 1. The van der Waals surface area contributed by atoms with E-state index in [1.165, 1.54) is 53.4 Å². The Morgan fingerprint density at radius 3 is 2.02 bits per heavy atom. The van der Waals surface area contributed by atoms with Crippen molar-refractivity contribution >= 4 is 69.9 Å². The normalized spacial score (nSPS) is 12.5. The van der Waals surface area contributed by atoms with Gasteiger partial charge in [-0.2, -0.15) is 9.97 Å². The quantitative estimate of drug-likeness (QED) is 0.175. The van der Waals surface area contributed by atoms with Gasteiger partial charge in [0.2, 0.25) is 5.95 Å². The number of fused-ring (bicyclic) bond motifs is 9. The maximum atomic E-state index is 6.32. The minimum absolute atomic E-state index is 0.583. The Labute approximate surface area is 345 Å². The third-order valence-corrected chi connectivity index (χ3v) is 12.5. The van der Waals surface area contributed by atoms with Gasteiger partial charge in [0.25, 0.3) is 0 Å². The number of thiophene rings is 1. The van der Waals surface area contributed by atoms with Gasteiger partial charge in [0.1, 0.15) is 11.2 Å². The lowest BCUT2D eigenvalue weighted by Gasteiger charge is -2.19. The molecular formula is C53H38N4OS. The van der Waals surface area contributed by atoms with Gasteiger partial charge in [0.15, 0.2) is 11.6 Å². The Kier molecular flexibility index (Phi) is 8.52. The van der Waals surface area contributed by atoms with E-state index in [2.05, 4.69) is 138 Å². The topological polar surface area (TPSA) is 56.7 Å². The molecule has 0 atom stereocenters. The van der Waals surface area contributed by atoms with E-state index in [-0.39, 0.29) is 0 Å². The molecule has 0 saturated heterocycles. The number of hydrogen-bond donors (Lipinski definition) is 0. The van der Waals surface area contributed by atoms with Crippen molar-refractivity contribution in [3.8, 4) is 39.9 Å². The third kappa shape index (κ3) is 5.86. The molecule has 11 aromatic rings. The Bertz CT molecular complexity index is 3420. The second kappa shape index (κ2) is 14.3. The number of benzene rings is 7. The summed E-state index contributed by atoms with van der Waals surface area (Å²) in [5, 5.41) is 6.01. The molecule has 282 valence electrons. The van der Waals surface area contributed by atoms with E-state index in [0.29, 0.717) is 17.6 Å².